The van der Waals surface area contributed by atoms with Gasteiger partial charge >= 0.3 is 6.09 Å². The van der Waals surface area contributed by atoms with Crippen LogP contribution in [0, 0.1) is 11.8 Å². The van der Waals surface area contributed by atoms with Crippen LogP contribution in [0.25, 0.3) is 10.9 Å². The number of likely N-dealkylation sites (tertiary alicyclic amines) is 1. The third kappa shape index (κ3) is 14.8. The topological polar surface area (TPSA) is 399 Å². The summed E-state index contributed by atoms with van der Waals surface area (Å²) < 4.78 is 26.6. The van der Waals surface area contributed by atoms with Gasteiger partial charge in [0.2, 0.25) is 53.2 Å². The molecular formula is C49H71N11O16S2. The number of hydrogen-bond acceptors (Lipinski definition) is 17. The smallest absolute Gasteiger partial charge is 0.410 e. The van der Waals surface area contributed by atoms with E-state index >= 15 is 4.21 Å². The number of aliphatic hydroxyl groups excluding tert-OH is 3. The summed E-state index contributed by atoms with van der Waals surface area (Å²) in [5, 5.41) is 49.4. The zero-order valence-corrected chi connectivity index (χ0v) is 46.1. The number of aliphatic hydroxyl groups is 3. The number of nitrogens with one attached hydrogen (secondary N) is 8. The molecule has 2 aromatic rings. The Balaban J connectivity index is 1.54. The largest absolute Gasteiger partial charge is 0.496 e. The van der Waals surface area contributed by atoms with Gasteiger partial charge in [0.25, 0.3) is 0 Å². The monoisotopic (exact) mass is 1130 g/mol. The average Bonchev–Trinajstić information content (AvgIpc) is 3.95. The number of aromatic nitrogens is 1. The molecule has 6 rings (SSSR count). The number of nitrogens with zero attached hydrogens (tertiary/aromatic N) is 2. The van der Waals surface area contributed by atoms with Gasteiger partial charge in [0.1, 0.15) is 52.6 Å². The highest BCUT2D eigenvalue weighted by Crippen LogP contribution is 2.38. The fourth-order valence-electron chi connectivity index (χ4n) is 9.37. The number of methoxy groups -OCH3 is 1. The first-order valence-electron chi connectivity index (χ1n) is 25.5. The van der Waals surface area contributed by atoms with Crippen molar-refractivity contribution < 1.29 is 76.9 Å². The molecule has 2 fully saturated rings. The van der Waals surface area contributed by atoms with Crippen LogP contribution in [-0.2, 0) is 70.9 Å². The highest BCUT2D eigenvalue weighted by Gasteiger charge is 2.45. The van der Waals surface area contributed by atoms with E-state index in [9.17, 15) is 63.3 Å². The van der Waals surface area contributed by atoms with Gasteiger partial charge in [-0.2, -0.15) is 0 Å². The van der Waals surface area contributed by atoms with E-state index in [-0.39, 0.29) is 21.6 Å². The predicted octanol–water partition coefficient (Wildman–Crippen LogP) is -3.76. The van der Waals surface area contributed by atoms with E-state index in [4.69, 9.17) is 15.2 Å². The van der Waals surface area contributed by atoms with Gasteiger partial charge in [0, 0.05) is 60.3 Å². The molecule has 2 bridgehead atoms. The zero-order valence-electron chi connectivity index (χ0n) is 44.4. The van der Waals surface area contributed by atoms with E-state index < -0.39 is 187 Å². The second-order valence-electron chi connectivity index (χ2n) is 20.9. The Bertz CT molecular complexity index is 2680. The fourth-order valence-corrected chi connectivity index (χ4v) is 12.0. The summed E-state index contributed by atoms with van der Waals surface area (Å²) in [7, 11) is -1.01. The Morgan fingerprint density at radius 2 is 1.54 bits per heavy atom. The van der Waals surface area contributed by atoms with E-state index in [0.717, 1.165) is 4.90 Å². The number of carbonyl (C=O) groups is 10. The molecule has 430 valence electrons. The number of nitrogens with two attached hydrogens (primary N) is 1. The minimum atomic E-state index is -2.44. The van der Waals surface area contributed by atoms with Crippen molar-refractivity contribution in [1.82, 2.24) is 52.0 Å². The summed E-state index contributed by atoms with van der Waals surface area (Å²) in [5.74, 6) is -11.3. The molecule has 4 aliphatic rings. The maximum absolute atomic E-state index is 15.2. The van der Waals surface area contributed by atoms with Gasteiger partial charge in [-0.3, -0.25) is 47.4 Å². The number of aromatic amines is 1. The molecule has 1 aromatic heterocycles. The number of benzene rings is 1. The number of thioether (sulfide) groups is 1. The second-order valence-corrected chi connectivity index (χ2v) is 23.6. The maximum atomic E-state index is 15.2. The zero-order chi connectivity index (χ0) is 57.5. The number of rotatable bonds is 11. The van der Waals surface area contributed by atoms with Crippen LogP contribution in [0.1, 0.15) is 71.9 Å². The minimum absolute atomic E-state index is 0.0619. The third-order valence-electron chi connectivity index (χ3n) is 14.0. The van der Waals surface area contributed by atoms with Crippen LogP contribution in [0.15, 0.2) is 17.2 Å². The van der Waals surface area contributed by atoms with Crippen LogP contribution >= 0.6 is 11.8 Å². The van der Waals surface area contributed by atoms with Crippen LogP contribution in [0.4, 0.5) is 4.79 Å². The summed E-state index contributed by atoms with van der Waals surface area (Å²) >= 11 is 1.47. The van der Waals surface area contributed by atoms with Gasteiger partial charge in [-0.1, -0.05) is 27.2 Å². The molecular weight excluding hydrogens is 1060 g/mol. The van der Waals surface area contributed by atoms with E-state index in [0.29, 0.717) is 41.7 Å². The molecule has 13 N–H and O–H groups in total. The maximum Gasteiger partial charge on any atom is 0.410 e. The lowest BCUT2D eigenvalue weighted by Crippen LogP contribution is -2.62. The third-order valence-corrected chi connectivity index (χ3v) is 16.6. The molecule has 2 unspecified atom stereocenters. The first-order chi connectivity index (χ1) is 36.7. The Kier molecular flexibility index (Phi) is 20.2. The van der Waals surface area contributed by atoms with Gasteiger partial charge in [0.05, 0.1) is 67.5 Å². The molecule has 1 aromatic carbocycles. The van der Waals surface area contributed by atoms with E-state index in [1.54, 1.807) is 51.7 Å². The second kappa shape index (κ2) is 25.9. The van der Waals surface area contributed by atoms with Crippen molar-refractivity contribution in [3.63, 3.8) is 0 Å². The van der Waals surface area contributed by atoms with Gasteiger partial charge in [-0.15, -0.1) is 11.8 Å². The normalized spacial score (nSPS) is 26.8. The fraction of sp³-hybridized carbons (Fsp3) is 0.633. The summed E-state index contributed by atoms with van der Waals surface area (Å²) in [6.07, 6.45) is -4.99. The highest BCUT2D eigenvalue weighted by molar-refractivity contribution is 7.99. The van der Waals surface area contributed by atoms with Crippen molar-refractivity contribution in [2.75, 3.05) is 52.2 Å². The SMILES string of the molecule is CC[C@H](C)[C@@H]1NC(=O)CNC(=O)[C@@H]2Cc3c([nH]c4c(CSC5CN(C(=O)OC(C)(C)C)C5)c(OC)ccc34)S(=O)C[C@H](NC(=O)CNC1=O)C(=O)N[C@@H](CC(N)=O)C(=O)N1C[C@H](O)CC1C(=O)N[C@@H]([C@@H](C)[C@@H](O)CO)C(=O)N2. The molecule has 0 saturated carbocycles. The summed E-state index contributed by atoms with van der Waals surface area (Å²) in [4.78, 5) is 145. The van der Waals surface area contributed by atoms with Crippen molar-refractivity contribution in [1.29, 1.82) is 0 Å². The Morgan fingerprint density at radius 1 is 0.872 bits per heavy atom. The molecule has 27 nitrogen and oxygen atoms in total. The number of fused-ring (bicyclic) bond motifs is 5. The van der Waals surface area contributed by atoms with Crippen LogP contribution in [0.3, 0.4) is 0 Å². The van der Waals surface area contributed by atoms with Crippen molar-refractivity contribution in [2.24, 2.45) is 17.6 Å². The Hall–Kier alpha value is -6.56. The summed E-state index contributed by atoms with van der Waals surface area (Å²) in [6, 6.07) is -6.90. The molecule has 4 aliphatic heterocycles. The van der Waals surface area contributed by atoms with Crippen molar-refractivity contribution in [3.8, 4) is 5.75 Å². The molecule has 78 heavy (non-hydrogen) atoms. The highest BCUT2D eigenvalue weighted by atomic mass is 32.2. The van der Waals surface area contributed by atoms with Crippen molar-refractivity contribution in [2.45, 2.75) is 137 Å². The standard InChI is InChI=1S/C49H71N11O16S2/c1-8-22(2)38-44(70)52-14-36(65)53-31-21-78(74)46-27(26-9-10-34(75-7)28(40(26)58-46)20-77-25-17-59(18-25)48(73)76-49(4,5)6)12-29(41(67)51-15-37(66)56-38)54-45(71)39(23(3)33(63)19-61)57-43(69)32-11-24(62)16-60(32)47(72)30(13-35(50)64)55-42(31)68/h9-10,22-25,29-33,38-39,58,61-63H,8,11-21H2,1-7H3,(H2,50,64)(H,51,67)(H,52,70)(H,53,65)(H,54,71)(H,55,68)(H,56,66)(H,57,69)/t22-,23-,24+,29-,30-,31-,32?,33-,38-,39-,78?/m0/s1. The number of primary amides is 1. The van der Waals surface area contributed by atoms with Gasteiger partial charge in [0.15, 0.2) is 0 Å². The molecule has 0 aliphatic carbocycles. The lowest BCUT2D eigenvalue weighted by atomic mass is 9.93. The first-order valence-corrected chi connectivity index (χ1v) is 27.9. The number of ether oxygens (including phenoxy) is 2. The van der Waals surface area contributed by atoms with Crippen LogP contribution in [0.2, 0.25) is 0 Å². The lowest BCUT2D eigenvalue weighted by Gasteiger charge is -2.39. The average molecular weight is 1130 g/mol. The molecule has 0 spiro atoms. The van der Waals surface area contributed by atoms with Crippen molar-refractivity contribution in [3.05, 3.63) is 23.3 Å². The van der Waals surface area contributed by atoms with Gasteiger partial charge in [-0.05, 0) is 44.4 Å². The number of amides is 10. The van der Waals surface area contributed by atoms with E-state index in [2.05, 4.69) is 42.2 Å². The van der Waals surface area contributed by atoms with Crippen LogP contribution < -0.4 is 47.7 Å². The van der Waals surface area contributed by atoms with Crippen LogP contribution in [-0.4, -0.2) is 205 Å². The summed E-state index contributed by atoms with van der Waals surface area (Å²) in [5.41, 5.74) is 5.83. The summed E-state index contributed by atoms with van der Waals surface area (Å²) in [6.45, 7) is 7.71. The quantitative estimate of drug-likeness (QED) is 0.103. The lowest BCUT2D eigenvalue weighted by molar-refractivity contribution is -0.144. The number of hydrogen-bond donors (Lipinski definition) is 12. The van der Waals surface area contributed by atoms with Crippen LogP contribution in [0.5, 0.6) is 5.75 Å². The molecule has 0 radical (unpaired) electrons. The molecule has 11 atom stereocenters. The predicted molar refractivity (Wildman–Crippen MR) is 280 cm³/mol. The molecule has 5 heterocycles. The van der Waals surface area contributed by atoms with E-state index in [1.807, 2.05) is 0 Å². The Morgan fingerprint density at radius 3 is 2.17 bits per heavy atom. The number of carbonyl (C=O) groups excluding carboxylic acids is 10. The van der Waals surface area contributed by atoms with Crippen molar-refractivity contribution >= 4 is 92.7 Å². The number of H-pyrrole nitrogens is 1. The van der Waals surface area contributed by atoms with Gasteiger partial charge < -0.3 is 82.5 Å². The molecule has 10 amide bonds. The van der Waals surface area contributed by atoms with E-state index in [1.165, 1.54) is 25.8 Å². The minimum Gasteiger partial charge on any atom is -0.496 e. The first kappa shape index (κ1) is 60.7. The molecule has 29 heteroatoms. The molecule has 2 saturated heterocycles. The Labute approximate surface area is 456 Å². The van der Waals surface area contributed by atoms with Gasteiger partial charge in [-0.25, -0.2) is 4.79 Å².